The maximum Gasteiger partial charge on any atom is 0.481 e. The molecule has 1 aromatic rings. The fourth-order valence-corrected chi connectivity index (χ4v) is 8.40. The van der Waals surface area contributed by atoms with Gasteiger partial charge in [0.25, 0.3) is 0 Å². The summed E-state index contributed by atoms with van der Waals surface area (Å²) >= 11 is 0. The topological polar surface area (TPSA) is 68.3 Å². The molecule has 0 radical (unpaired) electrons. The van der Waals surface area contributed by atoms with E-state index in [1.807, 2.05) is 56.0 Å². The minimum Gasteiger partial charge on any atom is -0.444 e. The van der Waals surface area contributed by atoms with E-state index in [4.69, 9.17) is 14.0 Å². The molecule has 0 spiro atoms. The molecule has 0 N–H and O–H groups in total. The van der Waals surface area contributed by atoms with E-state index in [2.05, 4.69) is 20.8 Å². The van der Waals surface area contributed by atoms with Crippen LogP contribution in [-0.4, -0.2) is 65.3 Å². The minimum absolute atomic E-state index is 0.000813. The molecule has 8 rings (SSSR count). The number of hydrogen-bond acceptors (Lipinski definition) is 5. The van der Waals surface area contributed by atoms with Crippen LogP contribution < -0.4 is 0 Å². The average molecular weight is 522 g/mol. The first-order valence-corrected chi connectivity index (χ1v) is 14.6. The molecule has 7 aliphatic rings. The minimum atomic E-state index is -0.642. The van der Waals surface area contributed by atoms with Crippen LogP contribution in [0.15, 0.2) is 30.3 Å². The summed E-state index contributed by atoms with van der Waals surface area (Å²) in [6.07, 6.45) is 4.16. The average Bonchev–Trinajstić information content (AvgIpc) is 3.45. The first-order valence-electron chi connectivity index (χ1n) is 14.6. The van der Waals surface area contributed by atoms with Crippen LogP contribution in [0.1, 0.15) is 85.3 Å². The zero-order chi connectivity index (χ0) is 27.0. The quantitative estimate of drug-likeness (QED) is 0.508. The van der Waals surface area contributed by atoms with Gasteiger partial charge in [-0.2, -0.15) is 0 Å². The number of benzene rings is 1. The standard InChI is InChI=1S/C30H43BN2O5/c1-18-23-17-20-26(25(18)30(20,5)6)38-31(37-23)24-13-10-16-32(24)27(34)22-15-14-21(19-11-8-7-9-12-19)33(22)28(35)36-29(2,3)4/h7-9,11-12,18,20-26H,10,13-17H2,1-6H3/t18-,20+,21+,22-,23+,24-,25-,26+/m0/s1. The molecule has 7 nitrogen and oxygen atoms in total. The summed E-state index contributed by atoms with van der Waals surface area (Å²) in [6.45, 7) is 13.3. The van der Waals surface area contributed by atoms with Crippen molar-refractivity contribution in [2.75, 3.05) is 6.54 Å². The second-order valence-corrected chi connectivity index (χ2v) is 13.8. The van der Waals surface area contributed by atoms with Crippen LogP contribution >= 0.6 is 0 Å². The predicted molar refractivity (Wildman–Crippen MR) is 145 cm³/mol. The Morgan fingerprint density at radius 3 is 2.50 bits per heavy atom. The van der Waals surface area contributed by atoms with E-state index >= 15 is 0 Å². The summed E-state index contributed by atoms with van der Waals surface area (Å²) < 4.78 is 19.2. The zero-order valence-electron chi connectivity index (χ0n) is 23.8. The normalized spacial score (nSPS) is 37.7. The maximum atomic E-state index is 14.2. The van der Waals surface area contributed by atoms with E-state index in [1.165, 1.54) is 0 Å². The Labute approximate surface area is 227 Å². The van der Waals surface area contributed by atoms with Gasteiger partial charge >= 0.3 is 13.2 Å². The Morgan fingerprint density at radius 1 is 1.08 bits per heavy atom. The van der Waals surface area contributed by atoms with Crippen LogP contribution in [0.25, 0.3) is 0 Å². The highest BCUT2D eigenvalue weighted by Gasteiger charge is 2.67. The molecule has 206 valence electrons. The molecular weight excluding hydrogens is 479 g/mol. The highest BCUT2D eigenvalue weighted by molar-refractivity contribution is 6.47. The van der Waals surface area contributed by atoms with E-state index in [9.17, 15) is 9.59 Å². The van der Waals surface area contributed by atoms with Crippen LogP contribution in [0.4, 0.5) is 4.79 Å². The lowest BCUT2D eigenvalue weighted by Crippen LogP contribution is -2.66. The fraction of sp³-hybridized carbons (Fsp3) is 0.733. The van der Waals surface area contributed by atoms with Gasteiger partial charge in [-0.1, -0.05) is 51.1 Å². The lowest BCUT2D eigenvalue weighted by atomic mass is 9.43. The van der Waals surface area contributed by atoms with Gasteiger partial charge in [-0.05, 0) is 81.6 Å². The summed E-state index contributed by atoms with van der Waals surface area (Å²) in [5.41, 5.74) is 0.681. The van der Waals surface area contributed by atoms with E-state index in [0.29, 0.717) is 30.7 Å². The molecule has 4 heterocycles. The van der Waals surface area contributed by atoms with Gasteiger partial charge in [-0.15, -0.1) is 0 Å². The molecule has 4 aliphatic heterocycles. The highest BCUT2D eigenvalue weighted by Crippen LogP contribution is 2.64. The Kier molecular flexibility index (Phi) is 6.38. The Bertz CT molecular complexity index is 1070. The third-order valence-electron chi connectivity index (χ3n) is 10.2. The summed E-state index contributed by atoms with van der Waals surface area (Å²) in [6, 6.07) is 9.27. The van der Waals surface area contributed by atoms with Crippen molar-refractivity contribution >= 4 is 19.1 Å². The summed E-state index contributed by atoms with van der Waals surface area (Å²) in [7, 11) is -0.397. The van der Waals surface area contributed by atoms with Gasteiger partial charge < -0.3 is 18.9 Å². The van der Waals surface area contributed by atoms with Crippen molar-refractivity contribution in [3.8, 4) is 0 Å². The molecule has 3 saturated carbocycles. The molecule has 8 atom stereocenters. The van der Waals surface area contributed by atoms with Gasteiger partial charge in [0, 0.05) is 18.8 Å². The van der Waals surface area contributed by atoms with E-state index < -0.39 is 24.9 Å². The van der Waals surface area contributed by atoms with Crippen LogP contribution in [0, 0.1) is 23.2 Å². The van der Waals surface area contributed by atoms with E-state index in [1.54, 1.807) is 4.90 Å². The molecule has 2 amide bonds. The number of carbonyl (C=O) groups is 2. The van der Waals surface area contributed by atoms with Gasteiger partial charge in [-0.3, -0.25) is 9.69 Å². The second kappa shape index (κ2) is 9.26. The van der Waals surface area contributed by atoms with Gasteiger partial charge in [-0.25, -0.2) is 4.79 Å². The molecule has 7 fully saturated rings. The number of hydrogen-bond donors (Lipinski definition) is 0. The number of ether oxygens (including phenoxy) is 1. The summed E-state index contributed by atoms with van der Waals surface area (Å²) in [5.74, 6) is 1.37. The molecular formula is C30H43BN2O5. The zero-order valence-corrected chi connectivity index (χ0v) is 23.8. The SMILES string of the molecule is C[C@@H]1[C@H]2[C@@H]3OB([C@@H]4CCCN4C(=O)[C@@H]4CC[C@H](c5ccccc5)N4C(=O)OC(C)(C)C)O[C@@H]1C[C@H]3C2(C)C. The van der Waals surface area contributed by atoms with Crippen LogP contribution in [0.2, 0.25) is 0 Å². The molecule has 4 saturated heterocycles. The summed E-state index contributed by atoms with van der Waals surface area (Å²) in [5, 5.41) is 0. The van der Waals surface area contributed by atoms with Crippen molar-refractivity contribution < 1.29 is 23.6 Å². The molecule has 3 aliphatic carbocycles. The van der Waals surface area contributed by atoms with E-state index in [0.717, 1.165) is 31.2 Å². The number of amides is 2. The van der Waals surface area contributed by atoms with Crippen LogP contribution in [-0.2, 0) is 18.8 Å². The summed E-state index contributed by atoms with van der Waals surface area (Å²) in [4.78, 5) is 31.4. The molecule has 0 aromatic heterocycles. The molecule has 8 heteroatoms. The van der Waals surface area contributed by atoms with Crippen molar-refractivity contribution in [3.63, 3.8) is 0 Å². The molecule has 38 heavy (non-hydrogen) atoms. The number of fused-ring (bicyclic) bond motifs is 2. The Balaban J connectivity index is 1.23. The van der Waals surface area contributed by atoms with E-state index in [-0.39, 0.29) is 35.5 Å². The van der Waals surface area contributed by atoms with Crippen molar-refractivity contribution in [2.24, 2.45) is 23.2 Å². The van der Waals surface area contributed by atoms with Crippen molar-refractivity contribution in [3.05, 3.63) is 35.9 Å². The lowest BCUT2D eigenvalue weighted by molar-refractivity contribution is -0.203. The van der Waals surface area contributed by atoms with Gasteiger partial charge in [0.2, 0.25) is 5.91 Å². The number of nitrogens with zero attached hydrogens (tertiary/aromatic N) is 2. The fourth-order valence-electron chi connectivity index (χ4n) is 8.40. The smallest absolute Gasteiger partial charge is 0.444 e. The Hall–Kier alpha value is -2.06. The number of carbonyl (C=O) groups excluding carboxylic acids is 2. The monoisotopic (exact) mass is 522 g/mol. The second-order valence-electron chi connectivity index (χ2n) is 13.8. The maximum absolute atomic E-state index is 14.2. The third-order valence-corrected chi connectivity index (χ3v) is 10.2. The van der Waals surface area contributed by atoms with Crippen molar-refractivity contribution in [1.29, 1.82) is 0 Å². The van der Waals surface area contributed by atoms with Gasteiger partial charge in [0.1, 0.15) is 11.6 Å². The molecule has 0 unspecified atom stereocenters. The first-order chi connectivity index (χ1) is 18.0. The predicted octanol–water partition coefficient (Wildman–Crippen LogP) is 5.24. The number of likely N-dealkylation sites (tertiary alicyclic amines) is 2. The lowest BCUT2D eigenvalue weighted by Gasteiger charge is -2.64. The number of rotatable bonds is 3. The van der Waals surface area contributed by atoms with Crippen molar-refractivity contribution in [2.45, 2.75) is 109 Å². The van der Waals surface area contributed by atoms with Crippen molar-refractivity contribution in [1.82, 2.24) is 9.80 Å². The van der Waals surface area contributed by atoms with Gasteiger partial charge in [0.15, 0.2) is 0 Å². The Morgan fingerprint density at radius 2 is 1.82 bits per heavy atom. The van der Waals surface area contributed by atoms with Gasteiger partial charge in [0.05, 0.1) is 12.0 Å². The van der Waals surface area contributed by atoms with Crippen LogP contribution in [0.3, 0.4) is 0 Å². The molecule has 4 bridgehead atoms. The first kappa shape index (κ1) is 26.2. The largest absolute Gasteiger partial charge is 0.481 e. The molecule has 1 aromatic carbocycles. The highest BCUT2D eigenvalue weighted by atomic mass is 16.6. The third kappa shape index (κ3) is 4.17. The van der Waals surface area contributed by atoms with Crippen LogP contribution in [0.5, 0.6) is 0 Å².